The summed E-state index contributed by atoms with van der Waals surface area (Å²) in [6, 6.07) is 15.8. The third-order valence-corrected chi connectivity index (χ3v) is 5.96. The molecule has 2 rings (SSSR count). The van der Waals surface area contributed by atoms with Crippen LogP contribution in [0.3, 0.4) is 0 Å². The summed E-state index contributed by atoms with van der Waals surface area (Å²) >= 11 is 0. The van der Waals surface area contributed by atoms with Gasteiger partial charge in [0.2, 0.25) is 0 Å². The lowest BCUT2D eigenvalue weighted by atomic mass is 9.90. The lowest BCUT2D eigenvalue weighted by Gasteiger charge is -2.15. The molecule has 0 saturated carbocycles. The van der Waals surface area contributed by atoms with E-state index in [0.29, 0.717) is 0 Å². The van der Waals surface area contributed by atoms with Gasteiger partial charge >= 0.3 is 0 Å². The fraction of sp³-hybridized carbons (Fsp3) is 0.556. The molecule has 28 heavy (non-hydrogen) atoms. The van der Waals surface area contributed by atoms with Crippen LogP contribution in [0.15, 0.2) is 42.5 Å². The molecule has 0 amide bonds. The van der Waals surface area contributed by atoms with Gasteiger partial charge in [-0.3, -0.25) is 0 Å². The van der Waals surface area contributed by atoms with E-state index in [1.165, 1.54) is 79.2 Å². The highest BCUT2D eigenvalue weighted by molar-refractivity contribution is 5.68. The summed E-state index contributed by atoms with van der Waals surface area (Å²) in [5, 5.41) is 9.18. The smallest absolute Gasteiger partial charge is 0.0471 e. The molecule has 0 saturated heterocycles. The Morgan fingerprint density at radius 2 is 1.46 bits per heavy atom. The number of benzene rings is 2. The molecular weight excluding hydrogens is 340 g/mol. The van der Waals surface area contributed by atoms with Gasteiger partial charge < -0.3 is 5.11 Å². The Bertz CT molecular complexity index is 671. The maximum absolute atomic E-state index is 9.18. The quantitative estimate of drug-likeness (QED) is 0.384. The van der Waals surface area contributed by atoms with Crippen LogP contribution in [0.2, 0.25) is 0 Å². The zero-order chi connectivity index (χ0) is 20.2. The second-order valence-corrected chi connectivity index (χ2v) is 8.20. The summed E-state index contributed by atoms with van der Waals surface area (Å²) in [7, 11) is 0. The SMILES string of the molecule is CCCCC(CCC)CCCc1ccc(-c2ccc(CCO)cc2CC)cc1. The Labute approximate surface area is 173 Å². The average molecular weight is 381 g/mol. The van der Waals surface area contributed by atoms with E-state index in [2.05, 4.69) is 63.2 Å². The second kappa shape index (κ2) is 12.8. The standard InChI is InChI=1S/C27H40O/c1-4-7-10-22(9-5-2)11-8-12-23-13-16-26(17-14-23)27-18-15-24(19-20-28)21-25(27)6-3/h13-18,21-22,28H,4-12,19-20H2,1-3H3. The Morgan fingerprint density at radius 1 is 0.750 bits per heavy atom. The lowest BCUT2D eigenvalue weighted by molar-refractivity contribution is 0.299. The third-order valence-electron chi connectivity index (χ3n) is 5.96. The van der Waals surface area contributed by atoms with E-state index in [0.717, 1.165) is 18.8 Å². The number of unbranched alkanes of at least 4 members (excludes halogenated alkanes) is 1. The van der Waals surface area contributed by atoms with Crippen LogP contribution < -0.4 is 0 Å². The minimum absolute atomic E-state index is 0.217. The van der Waals surface area contributed by atoms with Crippen molar-refractivity contribution >= 4 is 0 Å². The summed E-state index contributed by atoms with van der Waals surface area (Å²) in [5.41, 5.74) is 6.70. The zero-order valence-electron chi connectivity index (χ0n) is 18.3. The van der Waals surface area contributed by atoms with Gasteiger partial charge in [-0.05, 0) is 59.4 Å². The van der Waals surface area contributed by atoms with Crippen LogP contribution in [0.4, 0.5) is 0 Å². The van der Waals surface area contributed by atoms with Crippen molar-refractivity contribution in [3.8, 4) is 11.1 Å². The van der Waals surface area contributed by atoms with E-state index < -0.39 is 0 Å². The van der Waals surface area contributed by atoms with Crippen molar-refractivity contribution in [3.05, 3.63) is 59.2 Å². The first kappa shape index (κ1) is 22.7. The molecule has 0 aromatic heterocycles. The highest BCUT2D eigenvalue weighted by Crippen LogP contribution is 2.27. The molecule has 0 bridgehead atoms. The predicted octanol–water partition coefficient (Wildman–Crippen LogP) is 7.38. The molecule has 0 radical (unpaired) electrons. The first-order valence-corrected chi connectivity index (χ1v) is 11.5. The molecule has 1 heteroatoms. The molecule has 0 heterocycles. The zero-order valence-corrected chi connectivity index (χ0v) is 18.3. The Morgan fingerprint density at radius 3 is 2.11 bits per heavy atom. The maximum Gasteiger partial charge on any atom is 0.0471 e. The Hall–Kier alpha value is -1.60. The topological polar surface area (TPSA) is 20.2 Å². The lowest BCUT2D eigenvalue weighted by Crippen LogP contribution is -2.01. The number of hydrogen-bond donors (Lipinski definition) is 1. The molecule has 0 aliphatic carbocycles. The van der Waals surface area contributed by atoms with Gasteiger partial charge in [0.1, 0.15) is 0 Å². The molecule has 2 aromatic carbocycles. The summed E-state index contributed by atoms with van der Waals surface area (Å²) in [5.74, 6) is 0.925. The predicted molar refractivity (Wildman–Crippen MR) is 123 cm³/mol. The minimum Gasteiger partial charge on any atom is -0.396 e. The van der Waals surface area contributed by atoms with Crippen LogP contribution in [-0.2, 0) is 19.3 Å². The van der Waals surface area contributed by atoms with E-state index >= 15 is 0 Å². The molecule has 0 spiro atoms. The van der Waals surface area contributed by atoms with Crippen LogP contribution in [0.5, 0.6) is 0 Å². The Balaban J connectivity index is 1.96. The fourth-order valence-electron chi connectivity index (χ4n) is 4.29. The molecule has 2 aromatic rings. The number of rotatable bonds is 13. The summed E-state index contributed by atoms with van der Waals surface area (Å²) in [6.45, 7) is 7.04. The fourth-order valence-corrected chi connectivity index (χ4v) is 4.29. The third kappa shape index (κ3) is 7.09. The van der Waals surface area contributed by atoms with Crippen molar-refractivity contribution in [1.29, 1.82) is 0 Å². The largest absolute Gasteiger partial charge is 0.396 e. The van der Waals surface area contributed by atoms with E-state index in [1.807, 2.05) is 0 Å². The minimum atomic E-state index is 0.217. The van der Waals surface area contributed by atoms with E-state index in [-0.39, 0.29) is 6.61 Å². The van der Waals surface area contributed by atoms with Crippen molar-refractivity contribution in [2.45, 2.75) is 85.0 Å². The highest BCUT2D eigenvalue weighted by atomic mass is 16.2. The van der Waals surface area contributed by atoms with Gasteiger partial charge in [-0.25, -0.2) is 0 Å². The van der Waals surface area contributed by atoms with Crippen molar-refractivity contribution in [2.75, 3.05) is 6.61 Å². The van der Waals surface area contributed by atoms with Crippen LogP contribution in [0.1, 0.15) is 82.4 Å². The van der Waals surface area contributed by atoms with Gasteiger partial charge in [-0.15, -0.1) is 0 Å². The second-order valence-electron chi connectivity index (χ2n) is 8.20. The summed E-state index contributed by atoms with van der Waals surface area (Å²) < 4.78 is 0. The molecule has 0 aliphatic rings. The molecule has 1 unspecified atom stereocenters. The average Bonchev–Trinajstić information content (AvgIpc) is 2.72. The van der Waals surface area contributed by atoms with Gasteiger partial charge in [-0.2, -0.15) is 0 Å². The van der Waals surface area contributed by atoms with Crippen LogP contribution >= 0.6 is 0 Å². The molecular formula is C27H40O. The molecule has 1 N–H and O–H groups in total. The van der Waals surface area contributed by atoms with Crippen molar-refractivity contribution in [3.63, 3.8) is 0 Å². The van der Waals surface area contributed by atoms with Gasteiger partial charge in [0.15, 0.2) is 0 Å². The summed E-state index contributed by atoms with van der Waals surface area (Å²) in [6.07, 6.45) is 12.5. The monoisotopic (exact) mass is 380 g/mol. The van der Waals surface area contributed by atoms with Crippen LogP contribution in [0, 0.1) is 5.92 Å². The van der Waals surface area contributed by atoms with Gasteiger partial charge in [0, 0.05) is 6.61 Å². The molecule has 1 atom stereocenters. The number of hydrogen-bond acceptors (Lipinski definition) is 1. The van der Waals surface area contributed by atoms with E-state index in [1.54, 1.807) is 0 Å². The Kier molecular flexibility index (Phi) is 10.4. The number of aliphatic hydroxyl groups is 1. The van der Waals surface area contributed by atoms with E-state index in [9.17, 15) is 5.11 Å². The normalized spacial score (nSPS) is 12.3. The van der Waals surface area contributed by atoms with Crippen LogP contribution in [0.25, 0.3) is 11.1 Å². The van der Waals surface area contributed by atoms with Crippen LogP contribution in [-0.4, -0.2) is 11.7 Å². The summed E-state index contributed by atoms with van der Waals surface area (Å²) in [4.78, 5) is 0. The molecule has 0 aliphatic heterocycles. The number of aryl methyl sites for hydroxylation is 2. The van der Waals surface area contributed by atoms with Gasteiger partial charge in [0.05, 0.1) is 0 Å². The first-order chi connectivity index (χ1) is 13.7. The van der Waals surface area contributed by atoms with Gasteiger partial charge in [-0.1, -0.05) is 102 Å². The molecule has 0 fully saturated rings. The maximum atomic E-state index is 9.18. The van der Waals surface area contributed by atoms with Gasteiger partial charge in [0.25, 0.3) is 0 Å². The first-order valence-electron chi connectivity index (χ1n) is 11.5. The van der Waals surface area contributed by atoms with E-state index in [4.69, 9.17) is 0 Å². The number of aliphatic hydroxyl groups excluding tert-OH is 1. The van der Waals surface area contributed by atoms with Crippen molar-refractivity contribution in [1.82, 2.24) is 0 Å². The highest BCUT2D eigenvalue weighted by Gasteiger charge is 2.08. The van der Waals surface area contributed by atoms with Crippen molar-refractivity contribution in [2.24, 2.45) is 5.92 Å². The molecule has 1 nitrogen and oxygen atoms in total. The van der Waals surface area contributed by atoms with Crippen molar-refractivity contribution < 1.29 is 5.11 Å². The molecule has 154 valence electrons.